The SMILES string of the molecule is CCc1cc(CCC(C)(C)NC)ccc1OC. The first kappa shape index (κ1) is 14.0. The first-order valence-corrected chi connectivity index (χ1v) is 6.37. The van der Waals surface area contributed by atoms with E-state index in [-0.39, 0.29) is 5.54 Å². The molecule has 1 N–H and O–H groups in total. The van der Waals surface area contributed by atoms with Crippen molar-refractivity contribution < 1.29 is 4.74 Å². The normalized spacial score (nSPS) is 11.6. The van der Waals surface area contributed by atoms with Gasteiger partial charge in [0.05, 0.1) is 7.11 Å². The average Bonchev–Trinajstić information content (AvgIpc) is 2.36. The maximum absolute atomic E-state index is 5.35. The Morgan fingerprint density at radius 1 is 1.29 bits per heavy atom. The molecule has 0 aliphatic rings. The molecule has 1 aromatic carbocycles. The molecular formula is C15H25NO. The minimum atomic E-state index is 0.201. The molecule has 0 saturated heterocycles. The molecule has 2 nitrogen and oxygen atoms in total. The minimum absolute atomic E-state index is 0.201. The van der Waals surface area contributed by atoms with Crippen molar-refractivity contribution in [1.82, 2.24) is 5.32 Å². The number of hydrogen-bond donors (Lipinski definition) is 1. The summed E-state index contributed by atoms with van der Waals surface area (Å²) < 4.78 is 5.35. The highest BCUT2D eigenvalue weighted by Crippen LogP contribution is 2.22. The van der Waals surface area contributed by atoms with Gasteiger partial charge in [-0.3, -0.25) is 0 Å². The molecule has 0 heterocycles. The second-order valence-electron chi connectivity index (χ2n) is 5.13. The first-order chi connectivity index (χ1) is 8.02. The largest absolute Gasteiger partial charge is 0.496 e. The fourth-order valence-corrected chi connectivity index (χ4v) is 1.85. The van der Waals surface area contributed by atoms with Crippen LogP contribution < -0.4 is 10.1 Å². The van der Waals surface area contributed by atoms with Crippen molar-refractivity contribution in [1.29, 1.82) is 0 Å². The highest BCUT2D eigenvalue weighted by atomic mass is 16.5. The van der Waals surface area contributed by atoms with Crippen LogP contribution in [0.2, 0.25) is 0 Å². The van der Waals surface area contributed by atoms with Gasteiger partial charge in [0.2, 0.25) is 0 Å². The summed E-state index contributed by atoms with van der Waals surface area (Å²) in [7, 11) is 3.75. The molecule has 0 aliphatic heterocycles. The van der Waals surface area contributed by atoms with Crippen molar-refractivity contribution in [2.45, 2.75) is 45.6 Å². The molecule has 0 atom stereocenters. The van der Waals surface area contributed by atoms with E-state index in [0.717, 1.165) is 25.0 Å². The van der Waals surface area contributed by atoms with Crippen LogP contribution in [0.1, 0.15) is 38.3 Å². The Labute approximate surface area is 105 Å². The van der Waals surface area contributed by atoms with E-state index in [0.29, 0.717) is 0 Å². The highest BCUT2D eigenvalue weighted by molar-refractivity contribution is 5.37. The third kappa shape index (κ3) is 4.04. The van der Waals surface area contributed by atoms with Gasteiger partial charge in [-0.2, -0.15) is 0 Å². The minimum Gasteiger partial charge on any atom is -0.496 e. The zero-order valence-corrected chi connectivity index (χ0v) is 11.8. The summed E-state index contributed by atoms with van der Waals surface area (Å²) in [5, 5.41) is 3.34. The van der Waals surface area contributed by atoms with Crippen molar-refractivity contribution in [3.8, 4) is 5.75 Å². The quantitative estimate of drug-likeness (QED) is 0.817. The van der Waals surface area contributed by atoms with Crippen LogP contribution in [-0.4, -0.2) is 19.7 Å². The van der Waals surface area contributed by atoms with Gasteiger partial charge < -0.3 is 10.1 Å². The lowest BCUT2D eigenvalue weighted by atomic mass is 9.94. The molecule has 0 fully saturated rings. The Morgan fingerprint density at radius 3 is 2.53 bits per heavy atom. The van der Waals surface area contributed by atoms with Gasteiger partial charge in [0, 0.05) is 5.54 Å². The summed E-state index contributed by atoms with van der Waals surface area (Å²) in [6.45, 7) is 6.63. The highest BCUT2D eigenvalue weighted by Gasteiger charge is 2.14. The Hall–Kier alpha value is -1.02. The van der Waals surface area contributed by atoms with E-state index in [1.807, 2.05) is 7.05 Å². The van der Waals surface area contributed by atoms with Crippen molar-refractivity contribution in [3.05, 3.63) is 29.3 Å². The molecule has 0 saturated carbocycles. The molecule has 96 valence electrons. The van der Waals surface area contributed by atoms with Crippen LogP contribution in [-0.2, 0) is 12.8 Å². The van der Waals surface area contributed by atoms with Crippen molar-refractivity contribution in [2.24, 2.45) is 0 Å². The van der Waals surface area contributed by atoms with Crippen LogP contribution in [0.15, 0.2) is 18.2 Å². The van der Waals surface area contributed by atoms with Gasteiger partial charge >= 0.3 is 0 Å². The lowest BCUT2D eigenvalue weighted by molar-refractivity contribution is 0.393. The van der Waals surface area contributed by atoms with Crippen molar-refractivity contribution in [3.63, 3.8) is 0 Å². The lowest BCUT2D eigenvalue weighted by Crippen LogP contribution is -2.36. The fourth-order valence-electron chi connectivity index (χ4n) is 1.85. The van der Waals surface area contributed by atoms with E-state index in [2.05, 4.69) is 44.3 Å². The molecule has 0 aromatic heterocycles. The molecule has 0 radical (unpaired) electrons. The van der Waals surface area contributed by atoms with Crippen LogP contribution in [0.4, 0.5) is 0 Å². The Balaban J connectivity index is 2.73. The Bertz CT molecular complexity index is 358. The summed E-state index contributed by atoms with van der Waals surface area (Å²) in [6, 6.07) is 6.52. The van der Waals surface area contributed by atoms with Crippen LogP contribution in [0.25, 0.3) is 0 Å². The third-order valence-corrected chi connectivity index (χ3v) is 3.44. The summed E-state index contributed by atoms with van der Waals surface area (Å²) in [6.07, 6.45) is 3.26. The van der Waals surface area contributed by atoms with Crippen molar-refractivity contribution >= 4 is 0 Å². The zero-order valence-electron chi connectivity index (χ0n) is 11.8. The Kier molecular flexibility index (Phi) is 5.01. The van der Waals surface area contributed by atoms with Gasteiger partial charge in [0.1, 0.15) is 5.75 Å². The first-order valence-electron chi connectivity index (χ1n) is 6.37. The third-order valence-electron chi connectivity index (χ3n) is 3.44. The standard InChI is InChI=1S/C15H25NO/c1-6-13-11-12(7-8-14(13)17-5)9-10-15(2,3)16-4/h7-8,11,16H,6,9-10H2,1-5H3. The monoisotopic (exact) mass is 235 g/mol. The maximum atomic E-state index is 5.35. The van der Waals surface area contributed by atoms with E-state index in [1.165, 1.54) is 11.1 Å². The molecular weight excluding hydrogens is 210 g/mol. The van der Waals surface area contributed by atoms with Gasteiger partial charge in [0.15, 0.2) is 0 Å². The van der Waals surface area contributed by atoms with Gasteiger partial charge in [-0.25, -0.2) is 0 Å². The molecule has 0 unspecified atom stereocenters. The summed E-state index contributed by atoms with van der Waals surface area (Å²) in [5.41, 5.74) is 2.89. The smallest absolute Gasteiger partial charge is 0.122 e. The number of benzene rings is 1. The second kappa shape index (κ2) is 6.06. The van der Waals surface area contributed by atoms with Crippen molar-refractivity contribution in [2.75, 3.05) is 14.2 Å². The molecule has 0 aliphatic carbocycles. The van der Waals surface area contributed by atoms with Crippen LogP contribution in [0.5, 0.6) is 5.75 Å². The zero-order chi connectivity index (χ0) is 12.9. The van der Waals surface area contributed by atoms with E-state index in [4.69, 9.17) is 4.74 Å². The van der Waals surface area contributed by atoms with Gasteiger partial charge in [-0.15, -0.1) is 0 Å². The van der Waals surface area contributed by atoms with E-state index < -0.39 is 0 Å². The van der Waals surface area contributed by atoms with Crippen LogP contribution in [0, 0.1) is 0 Å². The topological polar surface area (TPSA) is 21.3 Å². The fraction of sp³-hybridized carbons (Fsp3) is 0.600. The molecule has 0 bridgehead atoms. The molecule has 0 spiro atoms. The number of hydrogen-bond acceptors (Lipinski definition) is 2. The molecule has 2 heteroatoms. The number of methoxy groups -OCH3 is 1. The number of rotatable bonds is 6. The van der Waals surface area contributed by atoms with Crippen LogP contribution >= 0.6 is 0 Å². The molecule has 17 heavy (non-hydrogen) atoms. The Morgan fingerprint density at radius 2 is 2.00 bits per heavy atom. The molecule has 1 aromatic rings. The number of nitrogens with one attached hydrogen (secondary N) is 1. The number of aryl methyl sites for hydroxylation is 2. The summed E-state index contributed by atoms with van der Waals surface area (Å²) in [5.74, 6) is 1.00. The van der Waals surface area contributed by atoms with E-state index in [1.54, 1.807) is 7.11 Å². The van der Waals surface area contributed by atoms with Gasteiger partial charge in [0.25, 0.3) is 0 Å². The van der Waals surface area contributed by atoms with E-state index in [9.17, 15) is 0 Å². The van der Waals surface area contributed by atoms with Gasteiger partial charge in [-0.1, -0.05) is 19.1 Å². The summed E-state index contributed by atoms with van der Waals surface area (Å²) in [4.78, 5) is 0. The van der Waals surface area contributed by atoms with Crippen LogP contribution in [0.3, 0.4) is 0 Å². The second-order valence-corrected chi connectivity index (χ2v) is 5.13. The molecule has 1 rings (SSSR count). The maximum Gasteiger partial charge on any atom is 0.122 e. The predicted molar refractivity (Wildman–Crippen MR) is 73.8 cm³/mol. The molecule has 0 amide bonds. The lowest BCUT2D eigenvalue weighted by Gasteiger charge is -2.24. The summed E-state index contributed by atoms with van der Waals surface area (Å²) >= 11 is 0. The number of ether oxygens (including phenoxy) is 1. The predicted octanol–water partition coefficient (Wildman–Crippen LogP) is 3.19. The van der Waals surface area contributed by atoms with E-state index >= 15 is 0 Å². The van der Waals surface area contributed by atoms with Gasteiger partial charge in [-0.05, 0) is 57.4 Å². The average molecular weight is 235 g/mol.